The van der Waals surface area contributed by atoms with Gasteiger partial charge in [0.05, 0.1) is 17.6 Å². The average Bonchev–Trinajstić information content (AvgIpc) is 2.75. The normalized spacial score (nSPS) is 26.6. The average molecular weight is 479 g/mol. The van der Waals surface area contributed by atoms with Gasteiger partial charge in [0, 0.05) is 10.5 Å². The van der Waals surface area contributed by atoms with E-state index in [1.54, 1.807) is 12.1 Å². The summed E-state index contributed by atoms with van der Waals surface area (Å²) in [7, 11) is 0. The molecule has 4 rings (SSSR count). The maximum atomic E-state index is 12.9. The van der Waals surface area contributed by atoms with Crippen LogP contribution in [0.25, 0.3) is 22.1 Å². The van der Waals surface area contributed by atoms with E-state index in [0.29, 0.717) is 10.9 Å². The molecule has 158 valence electrons. The summed E-state index contributed by atoms with van der Waals surface area (Å²) in [5, 5.41) is 39.4. The van der Waals surface area contributed by atoms with Crippen molar-refractivity contribution in [2.75, 3.05) is 6.61 Å². The summed E-state index contributed by atoms with van der Waals surface area (Å²) in [6.07, 6.45) is -5.60. The zero-order chi connectivity index (χ0) is 21.4. The minimum Gasteiger partial charge on any atom is -0.463 e. The number of aliphatic hydroxyl groups is 4. The third kappa shape index (κ3) is 3.87. The van der Waals surface area contributed by atoms with Crippen LogP contribution in [0.5, 0.6) is 5.75 Å². The fourth-order valence-electron chi connectivity index (χ4n) is 3.31. The van der Waals surface area contributed by atoms with Gasteiger partial charge >= 0.3 is 0 Å². The highest BCUT2D eigenvalue weighted by Gasteiger charge is 2.44. The Balaban J connectivity index is 1.62. The molecule has 0 radical (unpaired) electrons. The number of fused-ring (bicyclic) bond motifs is 1. The lowest BCUT2D eigenvalue weighted by Gasteiger charge is -2.39. The number of ether oxygens (including phenoxy) is 2. The van der Waals surface area contributed by atoms with Crippen LogP contribution in [0.3, 0.4) is 0 Å². The highest BCUT2D eigenvalue weighted by atomic mass is 79.9. The summed E-state index contributed by atoms with van der Waals surface area (Å²) in [6, 6.07) is 11.8. The van der Waals surface area contributed by atoms with Crippen molar-refractivity contribution in [3.63, 3.8) is 0 Å². The molecule has 0 unspecified atom stereocenters. The smallest absolute Gasteiger partial charge is 0.229 e. The highest BCUT2D eigenvalue weighted by Crippen LogP contribution is 2.27. The number of hydrogen-bond acceptors (Lipinski definition) is 8. The maximum Gasteiger partial charge on any atom is 0.229 e. The molecule has 1 aliphatic rings. The molecule has 9 heteroatoms. The molecule has 2 aromatic carbocycles. The molecule has 4 N–H and O–H groups in total. The maximum absolute atomic E-state index is 12.9. The predicted molar refractivity (Wildman–Crippen MR) is 110 cm³/mol. The van der Waals surface area contributed by atoms with Crippen molar-refractivity contribution >= 4 is 26.9 Å². The van der Waals surface area contributed by atoms with Gasteiger partial charge in [-0.1, -0.05) is 28.1 Å². The summed E-state index contributed by atoms with van der Waals surface area (Å²) in [5.74, 6) is 0.214. The molecule has 0 bridgehead atoms. The molecular formula is C21H19BrO8. The summed E-state index contributed by atoms with van der Waals surface area (Å²) in [6.45, 7) is -0.559. The minimum absolute atomic E-state index is 0.210. The molecule has 2 heterocycles. The highest BCUT2D eigenvalue weighted by molar-refractivity contribution is 9.10. The Morgan fingerprint density at radius 1 is 1.00 bits per heavy atom. The Kier molecular flexibility index (Phi) is 5.92. The van der Waals surface area contributed by atoms with Crippen molar-refractivity contribution in [3.8, 4) is 16.9 Å². The van der Waals surface area contributed by atoms with Crippen molar-refractivity contribution in [1.29, 1.82) is 0 Å². The van der Waals surface area contributed by atoms with Gasteiger partial charge in [0.25, 0.3) is 0 Å². The van der Waals surface area contributed by atoms with Crippen molar-refractivity contribution in [2.24, 2.45) is 0 Å². The molecule has 3 aromatic rings. The first kappa shape index (κ1) is 21.0. The second kappa shape index (κ2) is 8.46. The minimum atomic E-state index is -1.55. The van der Waals surface area contributed by atoms with Crippen LogP contribution in [-0.4, -0.2) is 57.7 Å². The van der Waals surface area contributed by atoms with Crippen LogP contribution in [0.15, 0.2) is 62.4 Å². The molecule has 5 atom stereocenters. The predicted octanol–water partition coefficient (Wildman–Crippen LogP) is 1.40. The molecule has 1 fully saturated rings. The second-order valence-electron chi connectivity index (χ2n) is 6.96. The Morgan fingerprint density at radius 3 is 2.43 bits per heavy atom. The monoisotopic (exact) mass is 478 g/mol. The summed E-state index contributed by atoms with van der Waals surface area (Å²) in [5.41, 5.74) is 1.19. The van der Waals surface area contributed by atoms with Gasteiger partial charge in [-0.15, -0.1) is 0 Å². The van der Waals surface area contributed by atoms with E-state index < -0.39 is 37.3 Å². The molecule has 0 aliphatic carbocycles. The van der Waals surface area contributed by atoms with E-state index in [1.165, 1.54) is 24.5 Å². The Bertz CT molecular complexity index is 1090. The van der Waals surface area contributed by atoms with Crippen LogP contribution in [0.1, 0.15) is 0 Å². The number of rotatable bonds is 4. The van der Waals surface area contributed by atoms with Crippen LogP contribution in [-0.2, 0) is 4.74 Å². The van der Waals surface area contributed by atoms with Crippen LogP contribution in [0.4, 0.5) is 0 Å². The van der Waals surface area contributed by atoms with E-state index in [0.717, 1.165) is 10.0 Å². The van der Waals surface area contributed by atoms with E-state index in [9.17, 15) is 25.2 Å². The Hall–Kier alpha value is -2.27. The van der Waals surface area contributed by atoms with Crippen molar-refractivity contribution in [1.82, 2.24) is 0 Å². The number of benzene rings is 2. The first-order valence-corrected chi connectivity index (χ1v) is 9.97. The zero-order valence-corrected chi connectivity index (χ0v) is 17.1. The van der Waals surface area contributed by atoms with E-state index in [1.807, 2.05) is 12.1 Å². The molecular weight excluding hydrogens is 460 g/mol. The van der Waals surface area contributed by atoms with Gasteiger partial charge in [-0.05, 0) is 29.8 Å². The van der Waals surface area contributed by atoms with Gasteiger partial charge in [0.2, 0.25) is 6.29 Å². The topological polar surface area (TPSA) is 130 Å². The van der Waals surface area contributed by atoms with Gasteiger partial charge in [-0.3, -0.25) is 4.79 Å². The van der Waals surface area contributed by atoms with E-state index in [4.69, 9.17) is 13.9 Å². The zero-order valence-electron chi connectivity index (χ0n) is 15.5. The largest absolute Gasteiger partial charge is 0.463 e. The number of aliphatic hydroxyl groups excluding tert-OH is 4. The summed E-state index contributed by atoms with van der Waals surface area (Å²) in [4.78, 5) is 12.9. The van der Waals surface area contributed by atoms with Crippen LogP contribution in [0.2, 0.25) is 0 Å². The summed E-state index contributed by atoms with van der Waals surface area (Å²) < 4.78 is 17.4. The van der Waals surface area contributed by atoms with Gasteiger partial charge < -0.3 is 34.3 Å². The third-order valence-corrected chi connectivity index (χ3v) is 5.53. The second-order valence-corrected chi connectivity index (χ2v) is 7.87. The van der Waals surface area contributed by atoms with Gasteiger partial charge in [0.15, 0.2) is 5.43 Å². The molecule has 1 saturated heterocycles. The fraction of sp³-hybridized carbons (Fsp3) is 0.286. The molecule has 8 nitrogen and oxygen atoms in total. The molecule has 0 saturated carbocycles. The standard InChI is InChI=1S/C21H19BrO8/c22-11-3-1-10(2-4-11)14-9-28-15-7-12(5-6-13(15)17(14)24)29-21-20(27)19(26)18(25)16(8-23)30-21/h1-7,9,16,18-21,23,25-27H,8H2/t16-,18-,19-,20+,21-/m1/s1. The lowest BCUT2D eigenvalue weighted by molar-refractivity contribution is -0.277. The molecule has 1 aromatic heterocycles. The first-order valence-electron chi connectivity index (χ1n) is 9.17. The summed E-state index contributed by atoms with van der Waals surface area (Å²) >= 11 is 3.36. The lowest BCUT2D eigenvalue weighted by atomic mass is 9.99. The van der Waals surface area contributed by atoms with Crippen LogP contribution < -0.4 is 10.2 Å². The van der Waals surface area contributed by atoms with Gasteiger partial charge in [-0.2, -0.15) is 0 Å². The first-order chi connectivity index (χ1) is 14.4. The Labute approximate surface area is 179 Å². The quantitative estimate of drug-likeness (QED) is 0.442. The van der Waals surface area contributed by atoms with Gasteiger partial charge in [0.1, 0.15) is 42.0 Å². The molecule has 0 amide bonds. The molecule has 30 heavy (non-hydrogen) atoms. The van der Waals surface area contributed by atoms with Gasteiger partial charge in [-0.25, -0.2) is 0 Å². The number of hydrogen-bond donors (Lipinski definition) is 4. The number of halogens is 1. The van der Waals surface area contributed by atoms with Crippen molar-refractivity contribution in [3.05, 3.63) is 63.4 Å². The van der Waals surface area contributed by atoms with E-state index >= 15 is 0 Å². The Morgan fingerprint density at radius 2 is 1.73 bits per heavy atom. The fourth-order valence-corrected chi connectivity index (χ4v) is 3.57. The van der Waals surface area contributed by atoms with Crippen LogP contribution in [0, 0.1) is 0 Å². The third-order valence-electron chi connectivity index (χ3n) is 5.00. The van der Waals surface area contributed by atoms with E-state index in [-0.39, 0.29) is 16.8 Å². The molecule has 0 spiro atoms. The lowest BCUT2D eigenvalue weighted by Crippen LogP contribution is -2.60. The van der Waals surface area contributed by atoms with Crippen molar-refractivity contribution < 1.29 is 34.3 Å². The van der Waals surface area contributed by atoms with Crippen molar-refractivity contribution in [2.45, 2.75) is 30.7 Å². The van der Waals surface area contributed by atoms with E-state index in [2.05, 4.69) is 15.9 Å². The molecule has 1 aliphatic heterocycles. The van der Waals surface area contributed by atoms with Crippen LogP contribution >= 0.6 is 15.9 Å². The SMILES string of the molecule is O=c1c(-c2ccc(Br)cc2)coc2cc(O[C@@H]3O[C@H](CO)[C@@H](O)[C@@H](O)[C@@H]3O)ccc12.